The van der Waals surface area contributed by atoms with Crippen LogP contribution in [0, 0.1) is 0 Å². The zero-order valence-electron chi connectivity index (χ0n) is 9.90. The Labute approximate surface area is 96.8 Å². The van der Waals surface area contributed by atoms with Crippen LogP contribution in [0.15, 0.2) is 24.3 Å². The molecule has 1 aromatic carbocycles. The van der Waals surface area contributed by atoms with Crippen LogP contribution in [-0.2, 0) is 4.74 Å². The van der Waals surface area contributed by atoms with Gasteiger partial charge in [0.1, 0.15) is 11.9 Å². The van der Waals surface area contributed by atoms with Crippen molar-refractivity contribution >= 4 is 0 Å². The summed E-state index contributed by atoms with van der Waals surface area (Å²) >= 11 is 0. The van der Waals surface area contributed by atoms with Crippen molar-refractivity contribution < 1.29 is 9.47 Å². The highest BCUT2D eigenvalue weighted by molar-refractivity contribution is 5.29. The van der Waals surface area contributed by atoms with E-state index in [-0.39, 0.29) is 6.10 Å². The highest BCUT2D eigenvalue weighted by atomic mass is 16.6. The Balaban J connectivity index is 1.92. The summed E-state index contributed by atoms with van der Waals surface area (Å²) in [4.78, 5) is 0. The van der Waals surface area contributed by atoms with E-state index in [0.717, 1.165) is 25.5 Å². The van der Waals surface area contributed by atoms with Gasteiger partial charge >= 0.3 is 0 Å². The molecule has 0 aromatic heterocycles. The maximum Gasteiger partial charge on any atom is 0.145 e. The molecule has 0 amide bonds. The zero-order chi connectivity index (χ0) is 11.4. The molecule has 1 atom stereocenters. The number of nitrogens with one attached hydrogen (secondary N) is 1. The molecule has 16 heavy (non-hydrogen) atoms. The van der Waals surface area contributed by atoms with Crippen LogP contribution < -0.4 is 10.1 Å². The molecule has 0 saturated carbocycles. The Morgan fingerprint density at radius 2 is 2.06 bits per heavy atom. The summed E-state index contributed by atoms with van der Waals surface area (Å²) in [5.74, 6) is 0.931. The molecule has 1 saturated heterocycles. The Hall–Kier alpha value is -1.06. The van der Waals surface area contributed by atoms with Crippen molar-refractivity contribution in [3.63, 3.8) is 0 Å². The molecule has 0 spiro atoms. The van der Waals surface area contributed by atoms with Crippen LogP contribution in [0.1, 0.15) is 25.5 Å². The van der Waals surface area contributed by atoms with E-state index in [1.54, 1.807) is 0 Å². The van der Waals surface area contributed by atoms with Crippen molar-refractivity contribution in [2.24, 2.45) is 0 Å². The summed E-state index contributed by atoms with van der Waals surface area (Å²) in [6.07, 6.45) is 0.247. The first-order valence-electron chi connectivity index (χ1n) is 5.87. The fourth-order valence-corrected chi connectivity index (χ4v) is 1.73. The molecule has 1 N–H and O–H groups in total. The van der Waals surface area contributed by atoms with E-state index < -0.39 is 0 Å². The molecule has 3 heteroatoms. The number of hydrogen-bond acceptors (Lipinski definition) is 3. The van der Waals surface area contributed by atoms with Gasteiger partial charge in [-0.05, 0) is 31.2 Å². The van der Waals surface area contributed by atoms with E-state index >= 15 is 0 Å². The Morgan fingerprint density at radius 1 is 1.38 bits per heavy atom. The predicted octanol–water partition coefficient (Wildman–Crippen LogP) is 2.13. The van der Waals surface area contributed by atoms with Gasteiger partial charge in [0, 0.05) is 6.04 Å². The van der Waals surface area contributed by atoms with E-state index in [2.05, 4.69) is 31.3 Å². The molecule has 0 bridgehead atoms. The lowest BCUT2D eigenvalue weighted by molar-refractivity contribution is -0.0796. The van der Waals surface area contributed by atoms with Gasteiger partial charge < -0.3 is 14.8 Å². The van der Waals surface area contributed by atoms with Crippen LogP contribution in [0.25, 0.3) is 0 Å². The van der Waals surface area contributed by atoms with Crippen molar-refractivity contribution in [1.82, 2.24) is 5.32 Å². The van der Waals surface area contributed by atoms with Gasteiger partial charge in [0.25, 0.3) is 0 Å². The van der Waals surface area contributed by atoms with E-state index in [1.807, 2.05) is 12.1 Å². The standard InChI is InChI=1S/C13H19NO2/c1-3-14-10(2)11-4-6-12(7-5-11)16-13-8-15-9-13/h4-7,10,13-14H,3,8-9H2,1-2H3. The van der Waals surface area contributed by atoms with Gasteiger partial charge in [0.15, 0.2) is 0 Å². The predicted molar refractivity (Wildman–Crippen MR) is 63.8 cm³/mol. The molecule has 1 aliphatic rings. The molecule has 88 valence electrons. The van der Waals surface area contributed by atoms with Crippen LogP contribution in [0.2, 0.25) is 0 Å². The summed E-state index contributed by atoms with van der Waals surface area (Å²) in [5.41, 5.74) is 1.29. The van der Waals surface area contributed by atoms with Gasteiger partial charge in [-0.3, -0.25) is 0 Å². The first-order chi connectivity index (χ1) is 7.79. The molecule has 2 rings (SSSR count). The van der Waals surface area contributed by atoms with Crippen LogP contribution in [0.3, 0.4) is 0 Å². The first kappa shape index (κ1) is 11.4. The zero-order valence-corrected chi connectivity index (χ0v) is 9.90. The van der Waals surface area contributed by atoms with Gasteiger partial charge in [0.2, 0.25) is 0 Å². The molecule has 1 fully saturated rings. The average molecular weight is 221 g/mol. The van der Waals surface area contributed by atoms with Gasteiger partial charge in [-0.25, -0.2) is 0 Å². The van der Waals surface area contributed by atoms with Crippen LogP contribution >= 0.6 is 0 Å². The number of ether oxygens (including phenoxy) is 2. The molecule has 0 aliphatic carbocycles. The van der Waals surface area contributed by atoms with Crippen molar-refractivity contribution in [2.75, 3.05) is 19.8 Å². The number of rotatable bonds is 5. The maximum atomic E-state index is 5.70. The fraction of sp³-hybridized carbons (Fsp3) is 0.538. The van der Waals surface area contributed by atoms with E-state index in [4.69, 9.17) is 9.47 Å². The summed E-state index contributed by atoms with van der Waals surface area (Å²) < 4.78 is 10.8. The fourth-order valence-electron chi connectivity index (χ4n) is 1.73. The topological polar surface area (TPSA) is 30.5 Å². The molecule has 0 radical (unpaired) electrons. The van der Waals surface area contributed by atoms with Crippen molar-refractivity contribution in [2.45, 2.75) is 26.0 Å². The van der Waals surface area contributed by atoms with Crippen LogP contribution in [-0.4, -0.2) is 25.9 Å². The van der Waals surface area contributed by atoms with Gasteiger partial charge in [-0.2, -0.15) is 0 Å². The Kier molecular flexibility index (Phi) is 3.80. The minimum Gasteiger partial charge on any atom is -0.486 e. The summed E-state index contributed by atoms with van der Waals surface area (Å²) in [7, 11) is 0. The molecular weight excluding hydrogens is 202 g/mol. The number of benzene rings is 1. The second-order valence-corrected chi connectivity index (χ2v) is 4.13. The Morgan fingerprint density at radius 3 is 2.56 bits per heavy atom. The SMILES string of the molecule is CCNC(C)c1ccc(OC2COC2)cc1. The molecule has 1 aliphatic heterocycles. The van der Waals surface area contributed by atoms with Crippen LogP contribution in [0.4, 0.5) is 0 Å². The second kappa shape index (κ2) is 5.32. The third kappa shape index (κ3) is 2.74. The molecule has 1 aromatic rings. The quantitative estimate of drug-likeness (QED) is 0.826. The van der Waals surface area contributed by atoms with E-state index in [9.17, 15) is 0 Å². The molecule has 1 unspecified atom stereocenters. The minimum absolute atomic E-state index is 0.247. The molecular formula is C13H19NO2. The summed E-state index contributed by atoms with van der Waals surface area (Å²) in [6.45, 7) is 6.70. The van der Waals surface area contributed by atoms with Crippen LogP contribution in [0.5, 0.6) is 5.75 Å². The summed E-state index contributed by atoms with van der Waals surface area (Å²) in [5, 5.41) is 3.38. The Bertz CT molecular complexity index is 319. The monoisotopic (exact) mass is 221 g/mol. The van der Waals surface area contributed by atoms with Crippen molar-refractivity contribution in [1.29, 1.82) is 0 Å². The second-order valence-electron chi connectivity index (χ2n) is 4.13. The average Bonchev–Trinajstić information content (AvgIpc) is 2.25. The largest absolute Gasteiger partial charge is 0.486 e. The normalized spacial score (nSPS) is 17.9. The van der Waals surface area contributed by atoms with Gasteiger partial charge in [-0.15, -0.1) is 0 Å². The van der Waals surface area contributed by atoms with Crippen molar-refractivity contribution in [3.8, 4) is 5.75 Å². The van der Waals surface area contributed by atoms with Crippen molar-refractivity contribution in [3.05, 3.63) is 29.8 Å². The third-order valence-electron chi connectivity index (χ3n) is 2.80. The maximum absolute atomic E-state index is 5.70. The smallest absolute Gasteiger partial charge is 0.145 e. The van der Waals surface area contributed by atoms with Gasteiger partial charge in [-0.1, -0.05) is 19.1 Å². The van der Waals surface area contributed by atoms with E-state index in [1.165, 1.54) is 5.56 Å². The minimum atomic E-state index is 0.247. The molecule has 3 nitrogen and oxygen atoms in total. The summed E-state index contributed by atoms with van der Waals surface area (Å²) in [6, 6.07) is 8.68. The lowest BCUT2D eigenvalue weighted by atomic mass is 10.1. The third-order valence-corrected chi connectivity index (χ3v) is 2.80. The van der Waals surface area contributed by atoms with Gasteiger partial charge in [0.05, 0.1) is 13.2 Å². The highest BCUT2D eigenvalue weighted by Crippen LogP contribution is 2.19. The molecule has 1 heterocycles. The highest BCUT2D eigenvalue weighted by Gasteiger charge is 2.19. The van der Waals surface area contributed by atoms with E-state index in [0.29, 0.717) is 6.04 Å². The lowest BCUT2D eigenvalue weighted by Gasteiger charge is -2.26. The first-order valence-corrected chi connectivity index (χ1v) is 5.87. The lowest BCUT2D eigenvalue weighted by Crippen LogP contribution is -2.38. The number of hydrogen-bond donors (Lipinski definition) is 1.